The Hall–Kier alpha value is -3.69. The predicted octanol–water partition coefficient (Wildman–Crippen LogP) is 2.69. The molecule has 1 saturated heterocycles. The Bertz CT molecular complexity index is 1070. The molecule has 1 fully saturated rings. The monoisotopic (exact) mass is 450 g/mol. The number of nitrogens with two attached hydrogens (primary N) is 1. The minimum Gasteiger partial charge on any atom is -0.444 e. The zero-order chi connectivity index (χ0) is 23.1. The van der Waals surface area contributed by atoms with Crippen molar-refractivity contribution >= 4 is 23.4 Å². The van der Waals surface area contributed by atoms with Crippen LogP contribution < -0.4 is 15.1 Å². The van der Waals surface area contributed by atoms with Gasteiger partial charge in [0.05, 0.1) is 26.0 Å². The number of carbonyl (C=O) groups is 2. The molecule has 2 aromatic carbocycles. The molecule has 0 spiro atoms. The number of primary amides is 1. The number of para-hydroxylation sites is 1. The highest BCUT2D eigenvalue weighted by molar-refractivity contribution is 5.93. The molecule has 0 saturated carbocycles. The number of carbonyl (C=O) groups excluding carboxylic acids is 2. The number of benzene rings is 2. The Morgan fingerprint density at radius 2 is 1.91 bits per heavy atom. The number of anilines is 1. The van der Waals surface area contributed by atoms with E-state index in [1.165, 1.54) is 0 Å². The number of nitrogens with zero attached hydrogens (tertiary/aromatic N) is 3. The molecule has 0 unspecified atom stereocenters. The van der Waals surface area contributed by atoms with Gasteiger partial charge in [-0.1, -0.05) is 30.3 Å². The second kappa shape index (κ2) is 10.3. The van der Waals surface area contributed by atoms with Crippen LogP contribution in [0.5, 0.6) is 0 Å². The molecule has 33 heavy (non-hydrogen) atoms. The number of nitrogens with one attached hydrogen (secondary N) is 1. The fourth-order valence-corrected chi connectivity index (χ4v) is 4.07. The Labute approximate surface area is 192 Å². The molecule has 4 rings (SSSR count). The first kappa shape index (κ1) is 22.5. The van der Waals surface area contributed by atoms with Gasteiger partial charge in [0.15, 0.2) is 5.69 Å². The topological polar surface area (TPSA) is 111 Å². The molecule has 3 N–H and O–H groups in total. The quantitative estimate of drug-likeness (QED) is 0.513. The lowest BCUT2D eigenvalue weighted by Gasteiger charge is -2.40. The van der Waals surface area contributed by atoms with Crippen LogP contribution in [0.25, 0.3) is 0 Å². The number of hydrogen-bond acceptors (Lipinski definition) is 5. The van der Waals surface area contributed by atoms with Crippen LogP contribution in [0.4, 0.5) is 16.2 Å². The summed E-state index contributed by atoms with van der Waals surface area (Å²) >= 11 is 0. The first-order valence-corrected chi connectivity index (χ1v) is 10.9. The highest BCUT2D eigenvalue weighted by Gasteiger charge is 2.35. The molecular weight excluding hydrogens is 422 g/mol. The number of rotatable bonds is 8. The standard InChI is InChI=1S/C24H27N5O4/c25-23(30)20-6-4-5-19(15-20)18-33-24(31)28(21-7-2-1-3-8-21)9-10-29(11-13-32-14-12-29)22-16-26-27-17-22/h1-8,15-17H,9-14,18H2,(H2-,25,26,27,30)/p+1. The molecule has 9 heteroatoms. The maximum absolute atomic E-state index is 13.2. The van der Waals surface area contributed by atoms with E-state index in [0.717, 1.165) is 24.5 Å². The van der Waals surface area contributed by atoms with Crippen molar-refractivity contribution < 1.29 is 19.1 Å². The average molecular weight is 451 g/mol. The van der Waals surface area contributed by atoms with E-state index >= 15 is 0 Å². The molecule has 0 bridgehead atoms. The van der Waals surface area contributed by atoms with Gasteiger partial charge in [-0.25, -0.2) is 4.79 Å². The number of amides is 2. The normalized spacial score (nSPS) is 15.0. The Morgan fingerprint density at radius 1 is 1.12 bits per heavy atom. The van der Waals surface area contributed by atoms with E-state index < -0.39 is 12.0 Å². The predicted molar refractivity (Wildman–Crippen MR) is 125 cm³/mol. The molecule has 1 aromatic heterocycles. The number of ether oxygens (including phenoxy) is 2. The van der Waals surface area contributed by atoms with Gasteiger partial charge in [-0.05, 0) is 29.8 Å². The van der Waals surface area contributed by atoms with Crippen LogP contribution in [0.1, 0.15) is 15.9 Å². The third kappa shape index (κ3) is 5.39. The van der Waals surface area contributed by atoms with Crippen molar-refractivity contribution in [2.24, 2.45) is 5.73 Å². The first-order chi connectivity index (χ1) is 16.1. The smallest absolute Gasteiger partial charge is 0.414 e. The van der Waals surface area contributed by atoms with Gasteiger partial charge in [0.2, 0.25) is 5.91 Å². The Morgan fingerprint density at radius 3 is 2.61 bits per heavy atom. The van der Waals surface area contributed by atoms with Crippen molar-refractivity contribution in [2.45, 2.75) is 6.61 Å². The fraction of sp³-hybridized carbons (Fsp3) is 0.292. The van der Waals surface area contributed by atoms with Crippen LogP contribution in [0.3, 0.4) is 0 Å². The minimum absolute atomic E-state index is 0.0405. The second-order valence-electron chi connectivity index (χ2n) is 7.99. The number of H-pyrrole nitrogens is 1. The number of hydrogen-bond donors (Lipinski definition) is 2. The van der Waals surface area contributed by atoms with E-state index in [9.17, 15) is 9.59 Å². The summed E-state index contributed by atoms with van der Waals surface area (Å²) in [6, 6.07) is 16.2. The second-order valence-corrected chi connectivity index (χ2v) is 7.99. The highest BCUT2D eigenvalue weighted by Crippen LogP contribution is 2.25. The maximum atomic E-state index is 13.2. The molecule has 0 atom stereocenters. The van der Waals surface area contributed by atoms with Crippen molar-refractivity contribution in [1.29, 1.82) is 0 Å². The first-order valence-electron chi connectivity index (χ1n) is 10.9. The molecular formula is C24H28N5O4+. The largest absolute Gasteiger partial charge is 0.444 e. The SMILES string of the molecule is NC(=O)c1cccc(COC(=O)N(CC[N+]2(c3cn[nH]c3)CCOCC2)c2ccccc2)c1. The number of aromatic amines is 1. The molecule has 2 amide bonds. The van der Waals surface area contributed by atoms with E-state index in [-0.39, 0.29) is 6.61 Å². The number of aromatic nitrogens is 2. The summed E-state index contributed by atoms with van der Waals surface area (Å²) < 4.78 is 11.9. The van der Waals surface area contributed by atoms with Crippen LogP contribution in [0.15, 0.2) is 67.0 Å². The van der Waals surface area contributed by atoms with Gasteiger partial charge in [0.25, 0.3) is 0 Å². The fourth-order valence-electron chi connectivity index (χ4n) is 4.07. The van der Waals surface area contributed by atoms with Crippen LogP contribution in [0, 0.1) is 0 Å². The van der Waals surface area contributed by atoms with E-state index in [0.29, 0.717) is 41.9 Å². The molecule has 2 heterocycles. The van der Waals surface area contributed by atoms with Gasteiger partial charge in [-0.3, -0.25) is 19.3 Å². The number of quaternary nitrogens is 1. The summed E-state index contributed by atoms with van der Waals surface area (Å²) in [5.74, 6) is -0.520. The molecule has 9 nitrogen and oxygen atoms in total. The zero-order valence-electron chi connectivity index (χ0n) is 18.4. The van der Waals surface area contributed by atoms with E-state index in [1.54, 1.807) is 29.2 Å². The lowest BCUT2D eigenvalue weighted by atomic mass is 10.1. The highest BCUT2D eigenvalue weighted by atomic mass is 16.6. The van der Waals surface area contributed by atoms with Gasteiger partial charge >= 0.3 is 6.09 Å². The van der Waals surface area contributed by atoms with Crippen molar-refractivity contribution in [3.8, 4) is 0 Å². The van der Waals surface area contributed by atoms with Crippen molar-refractivity contribution in [1.82, 2.24) is 14.7 Å². The molecule has 1 aliphatic rings. The van der Waals surface area contributed by atoms with E-state index in [2.05, 4.69) is 10.2 Å². The van der Waals surface area contributed by atoms with Gasteiger partial charge in [-0.15, -0.1) is 0 Å². The molecule has 0 aliphatic carbocycles. The molecule has 0 radical (unpaired) electrons. The minimum atomic E-state index is -0.520. The van der Waals surface area contributed by atoms with Crippen LogP contribution >= 0.6 is 0 Å². The third-order valence-electron chi connectivity index (χ3n) is 5.97. The molecule has 1 aliphatic heterocycles. The lowest BCUT2D eigenvalue weighted by molar-refractivity contribution is 0.0418. The lowest BCUT2D eigenvalue weighted by Crippen LogP contribution is -2.59. The van der Waals surface area contributed by atoms with E-state index in [4.69, 9.17) is 15.2 Å². The molecule has 3 aromatic rings. The van der Waals surface area contributed by atoms with Gasteiger partial charge < -0.3 is 15.2 Å². The summed E-state index contributed by atoms with van der Waals surface area (Å²) in [5.41, 5.74) is 8.26. The van der Waals surface area contributed by atoms with Crippen molar-refractivity contribution in [2.75, 3.05) is 44.3 Å². The van der Waals surface area contributed by atoms with Crippen LogP contribution in [-0.2, 0) is 16.1 Å². The average Bonchev–Trinajstić information content (AvgIpc) is 3.40. The van der Waals surface area contributed by atoms with Crippen molar-refractivity contribution in [3.05, 3.63) is 78.1 Å². The summed E-state index contributed by atoms with van der Waals surface area (Å²) in [7, 11) is 0. The van der Waals surface area contributed by atoms with Crippen LogP contribution in [-0.4, -0.2) is 61.6 Å². The van der Waals surface area contributed by atoms with Gasteiger partial charge in [0, 0.05) is 11.3 Å². The van der Waals surface area contributed by atoms with Crippen LogP contribution in [0.2, 0.25) is 0 Å². The van der Waals surface area contributed by atoms with E-state index in [1.807, 2.05) is 42.7 Å². The number of morpholine rings is 1. The Kier molecular flexibility index (Phi) is 7.01. The zero-order valence-corrected chi connectivity index (χ0v) is 18.4. The van der Waals surface area contributed by atoms with Gasteiger partial charge in [0.1, 0.15) is 32.4 Å². The Balaban J connectivity index is 1.50. The van der Waals surface area contributed by atoms with Crippen molar-refractivity contribution in [3.63, 3.8) is 0 Å². The summed E-state index contributed by atoms with van der Waals surface area (Å²) in [6.45, 7) is 4.08. The summed E-state index contributed by atoms with van der Waals surface area (Å²) in [5, 5.41) is 7.03. The summed E-state index contributed by atoms with van der Waals surface area (Å²) in [6.07, 6.45) is 3.29. The summed E-state index contributed by atoms with van der Waals surface area (Å²) in [4.78, 5) is 26.2. The molecule has 172 valence electrons. The third-order valence-corrected chi connectivity index (χ3v) is 5.97. The van der Waals surface area contributed by atoms with Gasteiger partial charge in [-0.2, -0.15) is 5.10 Å². The maximum Gasteiger partial charge on any atom is 0.414 e.